The molecule has 2 aromatic rings. The number of pyridine rings is 1. The highest BCUT2D eigenvalue weighted by Crippen LogP contribution is 2.35. The number of carbonyl (C=O) groups is 3. The number of halogens is 3. The summed E-state index contributed by atoms with van der Waals surface area (Å²) in [5.74, 6) is -1.59. The van der Waals surface area contributed by atoms with Gasteiger partial charge in [-0.05, 0) is 30.8 Å². The molecule has 1 aromatic heterocycles. The first-order chi connectivity index (χ1) is 16.1. The first-order valence-electron chi connectivity index (χ1n) is 10.5. The molecule has 0 atom stereocenters. The van der Waals surface area contributed by atoms with E-state index in [9.17, 15) is 27.6 Å². The summed E-state index contributed by atoms with van der Waals surface area (Å²) in [6.07, 6.45) is -2.09. The number of likely N-dealkylation sites (N-methyl/N-ethyl adjacent to an activating group) is 1. The van der Waals surface area contributed by atoms with Crippen LogP contribution < -0.4 is 9.64 Å². The van der Waals surface area contributed by atoms with Crippen LogP contribution in [0.25, 0.3) is 0 Å². The van der Waals surface area contributed by atoms with E-state index in [1.165, 1.54) is 35.5 Å². The Hall–Kier alpha value is -3.67. The second kappa shape index (κ2) is 9.29. The standard InChI is InChI=1S/C22H22F3N5O4/c1-27-8-10-28(11-9-27)20(32)16-12-26-7-6-15(16)13-29-14-19(31)30(21(29)33)17-4-2-3-5-18(17)34-22(23,24)25/h2-7,12H,8-11,13-14H2,1H3. The number of imide groups is 1. The van der Waals surface area contributed by atoms with E-state index < -0.39 is 24.1 Å². The zero-order valence-corrected chi connectivity index (χ0v) is 18.3. The van der Waals surface area contributed by atoms with Gasteiger partial charge in [0, 0.05) is 45.1 Å². The Morgan fingerprint density at radius 1 is 1.09 bits per heavy atom. The number of piperazine rings is 1. The quantitative estimate of drug-likeness (QED) is 0.615. The Balaban J connectivity index is 1.55. The number of ether oxygens (including phenoxy) is 1. The maximum absolute atomic E-state index is 13.1. The van der Waals surface area contributed by atoms with Crippen molar-refractivity contribution in [3.63, 3.8) is 0 Å². The third-order valence-corrected chi connectivity index (χ3v) is 5.66. The normalized spacial score (nSPS) is 17.5. The Morgan fingerprint density at radius 2 is 1.79 bits per heavy atom. The Morgan fingerprint density at radius 3 is 2.50 bits per heavy atom. The van der Waals surface area contributed by atoms with Crippen molar-refractivity contribution in [1.82, 2.24) is 19.7 Å². The van der Waals surface area contributed by atoms with Crippen LogP contribution >= 0.6 is 0 Å². The largest absolute Gasteiger partial charge is 0.573 e. The number of aromatic nitrogens is 1. The first-order valence-corrected chi connectivity index (χ1v) is 10.5. The van der Waals surface area contributed by atoms with Crippen molar-refractivity contribution < 1.29 is 32.3 Å². The summed E-state index contributed by atoms with van der Waals surface area (Å²) in [6.45, 7) is 2.12. The SMILES string of the molecule is CN1CCN(C(=O)c2cnccc2CN2CC(=O)N(c3ccccc3OC(F)(F)F)C2=O)CC1. The van der Waals surface area contributed by atoms with Crippen LogP contribution in [0.4, 0.5) is 23.7 Å². The molecule has 0 unspecified atom stereocenters. The Bertz CT molecular complexity index is 1100. The number of para-hydroxylation sites is 2. The number of alkyl halides is 3. The van der Waals surface area contributed by atoms with Crippen molar-refractivity contribution in [2.75, 3.05) is 44.7 Å². The van der Waals surface area contributed by atoms with E-state index >= 15 is 0 Å². The molecule has 0 saturated carbocycles. The molecule has 12 heteroatoms. The van der Waals surface area contributed by atoms with Gasteiger partial charge in [0.05, 0.1) is 11.3 Å². The number of carbonyl (C=O) groups excluding carboxylic acids is 3. The number of hydrogen-bond donors (Lipinski definition) is 0. The molecule has 2 fully saturated rings. The Labute approximate surface area is 193 Å². The molecular weight excluding hydrogens is 455 g/mol. The van der Waals surface area contributed by atoms with Gasteiger partial charge in [-0.25, -0.2) is 9.69 Å². The van der Waals surface area contributed by atoms with E-state index in [0.29, 0.717) is 29.1 Å². The van der Waals surface area contributed by atoms with Crippen LogP contribution in [-0.4, -0.2) is 83.7 Å². The molecule has 4 amide bonds. The van der Waals surface area contributed by atoms with Crippen LogP contribution in [0.1, 0.15) is 15.9 Å². The monoisotopic (exact) mass is 477 g/mol. The second-order valence-electron chi connectivity index (χ2n) is 8.01. The van der Waals surface area contributed by atoms with Crippen LogP contribution in [0.15, 0.2) is 42.7 Å². The van der Waals surface area contributed by atoms with Gasteiger partial charge in [0.25, 0.3) is 11.8 Å². The van der Waals surface area contributed by atoms with Gasteiger partial charge in [0.15, 0.2) is 5.75 Å². The molecule has 0 N–H and O–H groups in total. The van der Waals surface area contributed by atoms with Gasteiger partial charge < -0.3 is 19.4 Å². The van der Waals surface area contributed by atoms with Crippen LogP contribution in [0.5, 0.6) is 5.75 Å². The van der Waals surface area contributed by atoms with Crippen LogP contribution in [0.3, 0.4) is 0 Å². The molecule has 0 spiro atoms. The fourth-order valence-corrected chi connectivity index (χ4v) is 3.90. The topological polar surface area (TPSA) is 86.3 Å². The number of anilines is 1. The van der Waals surface area contributed by atoms with Crippen LogP contribution in [0.2, 0.25) is 0 Å². The van der Waals surface area contributed by atoms with Gasteiger partial charge in [-0.15, -0.1) is 13.2 Å². The molecule has 2 aliphatic rings. The molecule has 2 saturated heterocycles. The highest BCUT2D eigenvalue weighted by Gasteiger charge is 2.41. The minimum Gasteiger partial charge on any atom is -0.404 e. The molecule has 9 nitrogen and oxygen atoms in total. The number of rotatable bonds is 5. The third kappa shape index (κ3) is 4.96. The van der Waals surface area contributed by atoms with Gasteiger partial charge in [0.2, 0.25) is 0 Å². The van der Waals surface area contributed by atoms with Crippen molar-refractivity contribution in [3.8, 4) is 5.75 Å². The van der Waals surface area contributed by atoms with Crippen molar-refractivity contribution in [2.45, 2.75) is 12.9 Å². The van der Waals surface area contributed by atoms with E-state index in [-0.39, 0.29) is 24.7 Å². The lowest BCUT2D eigenvalue weighted by atomic mass is 10.1. The molecule has 4 rings (SSSR count). The molecule has 34 heavy (non-hydrogen) atoms. The van der Waals surface area contributed by atoms with Crippen LogP contribution in [0, 0.1) is 0 Å². The summed E-state index contributed by atoms with van der Waals surface area (Å²) in [5.41, 5.74) is 0.495. The van der Waals surface area contributed by atoms with Gasteiger partial charge in [-0.2, -0.15) is 0 Å². The molecular formula is C22H22F3N5O4. The minimum absolute atomic E-state index is 0.0826. The minimum atomic E-state index is -4.99. The van der Waals surface area contributed by atoms with E-state index in [1.807, 2.05) is 7.05 Å². The number of urea groups is 1. The molecule has 3 heterocycles. The summed E-state index contributed by atoms with van der Waals surface area (Å²) < 4.78 is 42.4. The Kier molecular flexibility index (Phi) is 6.42. The van der Waals surface area contributed by atoms with Crippen LogP contribution in [-0.2, 0) is 11.3 Å². The fourth-order valence-electron chi connectivity index (χ4n) is 3.90. The fraction of sp³-hybridized carbons (Fsp3) is 0.364. The smallest absolute Gasteiger partial charge is 0.404 e. The highest BCUT2D eigenvalue weighted by atomic mass is 19.4. The highest BCUT2D eigenvalue weighted by molar-refractivity contribution is 6.20. The maximum Gasteiger partial charge on any atom is 0.573 e. The summed E-state index contributed by atoms with van der Waals surface area (Å²) in [4.78, 5) is 48.4. The van der Waals surface area contributed by atoms with Crippen molar-refractivity contribution in [1.29, 1.82) is 0 Å². The van der Waals surface area contributed by atoms with Crippen molar-refractivity contribution in [3.05, 3.63) is 53.9 Å². The average Bonchev–Trinajstić information content (AvgIpc) is 3.06. The molecule has 0 bridgehead atoms. The van der Waals surface area contributed by atoms with E-state index in [4.69, 9.17) is 0 Å². The summed E-state index contributed by atoms with van der Waals surface area (Å²) in [6, 6.07) is 5.72. The van der Waals surface area contributed by atoms with E-state index in [1.54, 1.807) is 11.0 Å². The summed E-state index contributed by atoms with van der Waals surface area (Å²) in [7, 11) is 1.97. The lowest BCUT2D eigenvalue weighted by molar-refractivity contribution is -0.274. The van der Waals surface area contributed by atoms with Gasteiger partial charge in [-0.3, -0.25) is 14.6 Å². The average molecular weight is 477 g/mol. The zero-order valence-electron chi connectivity index (χ0n) is 18.3. The second-order valence-corrected chi connectivity index (χ2v) is 8.01. The number of nitrogens with zero attached hydrogens (tertiary/aromatic N) is 5. The van der Waals surface area contributed by atoms with Crippen molar-refractivity contribution >= 4 is 23.5 Å². The number of amides is 4. The summed E-state index contributed by atoms with van der Waals surface area (Å²) >= 11 is 0. The van der Waals surface area contributed by atoms with E-state index in [2.05, 4.69) is 14.6 Å². The maximum atomic E-state index is 13.1. The molecule has 0 radical (unpaired) electrons. The molecule has 2 aliphatic heterocycles. The van der Waals surface area contributed by atoms with E-state index in [0.717, 1.165) is 19.2 Å². The van der Waals surface area contributed by atoms with Crippen molar-refractivity contribution in [2.24, 2.45) is 0 Å². The number of hydrogen-bond acceptors (Lipinski definition) is 6. The number of benzene rings is 1. The zero-order chi connectivity index (χ0) is 24.5. The summed E-state index contributed by atoms with van der Waals surface area (Å²) in [5, 5.41) is 0. The van der Waals surface area contributed by atoms with Gasteiger partial charge in [-0.1, -0.05) is 12.1 Å². The first kappa shape index (κ1) is 23.5. The lowest BCUT2D eigenvalue weighted by Gasteiger charge is -2.32. The lowest BCUT2D eigenvalue weighted by Crippen LogP contribution is -2.47. The predicted molar refractivity (Wildman–Crippen MR) is 114 cm³/mol. The predicted octanol–water partition coefficient (Wildman–Crippen LogP) is 2.34. The van der Waals surface area contributed by atoms with Gasteiger partial charge in [0.1, 0.15) is 6.54 Å². The molecule has 0 aliphatic carbocycles. The molecule has 1 aromatic carbocycles. The third-order valence-electron chi connectivity index (χ3n) is 5.66. The van der Waals surface area contributed by atoms with Gasteiger partial charge >= 0.3 is 12.4 Å². The molecule has 180 valence electrons.